The highest BCUT2D eigenvalue weighted by molar-refractivity contribution is 5.78. The van der Waals surface area contributed by atoms with Crippen LogP contribution in [-0.4, -0.2) is 50.5 Å². The minimum absolute atomic E-state index is 0.114. The first-order valence-electron chi connectivity index (χ1n) is 7.98. The van der Waals surface area contributed by atoms with Crippen molar-refractivity contribution in [2.24, 2.45) is 0 Å². The van der Waals surface area contributed by atoms with Crippen molar-refractivity contribution in [3.63, 3.8) is 0 Å². The van der Waals surface area contributed by atoms with Crippen molar-refractivity contribution in [2.45, 2.75) is 32.2 Å². The monoisotopic (exact) mass is 315 g/mol. The molecule has 3 rings (SSSR count). The van der Waals surface area contributed by atoms with Gasteiger partial charge in [0.2, 0.25) is 11.8 Å². The molecule has 0 spiro atoms. The predicted molar refractivity (Wildman–Crippen MR) is 84.0 cm³/mol. The van der Waals surface area contributed by atoms with Gasteiger partial charge in [-0.05, 0) is 25.8 Å². The molecule has 0 aromatic carbocycles. The molecule has 2 aromatic rings. The summed E-state index contributed by atoms with van der Waals surface area (Å²) in [5.74, 6) is 0.686. The normalized spacial score (nSPS) is 15.6. The molecule has 122 valence electrons. The van der Waals surface area contributed by atoms with Crippen molar-refractivity contribution in [3.8, 4) is 5.88 Å². The van der Waals surface area contributed by atoms with Crippen LogP contribution in [-0.2, 0) is 11.2 Å². The molecule has 23 heavy (non-hydrogen) atoms. The van der Waals surface area contributed by atoms with E-state index in [1.54, 1.807) is 12.3 Å². The van der Waals surface area contributed by atoms with Gasteiger partial charge in [-0.15, -0.1) is 5.10 Å². The number of hydrogen-bond acceptors (Lipinski definition) is 5. The molecule has 1 aliphatic rings. The van der Waals surface area contributed by atoms with Crippen LogP contribution >= 0.6 is 0 Å². The van der Waals surface area contributed by atoms with E-state index in [4.69, 9.17) is 4.74 Å². The zero-order valence-electron chi connectivity index (χ0n) is 13.3. The Bertz CT molecular complexity index is 636. The van der Waals surface area contributed by atoms with E-state index in [-0.39, 0.29) is 5.91 Å². The Hall–Kier alpha value is -2.44. The molecule has 7 nitrogen and oxygen atoms in total. The van der Waals surface area contributed by atoms with Crippen LogP contribution in [0.15, 0.2) is 30.6 Å². The summed E-state index contributed by atoms with van der Waals surface area (Å²) in [6, 6.07) is 5.88. The molecule has 0 saturated carbocycles. The third kappa shape index (κ3) is 3.85. The minimum atomic E-state index is 0.114. The van der Waals surface area contributed by atoms with Gasteiger partial charge >= 0.3 is 0 Å². The summed E-state index contributed by atoms with van der Waals surface area (Å²) in [5, 5.41) is 7.89. The van der Waals surface area contributed by atoms with Crippen molar-refractivity contribution in [1.29, 1.82) is 0 Å². The third-order valence-electron chi connectivity index (χ3n) is 4.04. The minimum Gasteiger partial charge on any atom is -0.478 e. The molecule has 0 unspecified atom stereocenters. The van der Waals surface area contributed by atoms with Crippen molar-refractivity contribution in [1.82, 2.24) is 24.9 Å². The van der Waals surface area contributed by atoms with Crippen LogP contribution in [0.1, 0.15) is 31.5 Å². The molecule has 2 aromatic heterocycles. The van der Waals surface area contributed by atoms with Gasteiger partial charge in [0.1, 0.15) is 0 Å². The van der Waals surface area contributed by atoms with E-state index in [2.05, 4.69) is 15.3 Å². The SMILES string of the molecule is CCOc1cccc(CC(=O)N2CCC(n3ccnn3)CC2)n1. The zero-order valence-corrected chi connectivity index (χ0v) is 13.3. The van der Waals surface area contributed by atoms with Gasteiger partial charge in [0.25, 0.3) is 0 Å². The molecule has 0 aliphatic carbocycles. The van der Waals surface area contributed by atoms with Crippen molar-refractivity contribution < 1.29 is 9.53 Å². The number of ether oxygens (including phenoxy) is 1. The number of carbonyl (C=O) groups excluding carboxylic acids is 1. The van der Waals surface area contributed by atoms with Gasteiger partial charge in [0, 0.05) is 25.4 Å². The van der Waals surface area contributed by atoms with Gasteiger partial charge in [0.15, 0.2) is 0 Å². The average molecular weight is 315 g/mol. The highest BCUT2D eigenvalue weighted by atomic mass is 16.5. The van der Waals surface area contributed by atoms with E-state index in [1.165, 1.54) is 0 Å². The standard InChI is InChI=1S/C16H21N5O2/c1-2-23-15-5-3-4-13(18-15)12-16(22)20-9-6-14(7-10-20)21-11-8-17-19-21/h3-5,8,11,14H,2,6-7,9-10,12H2,1H3. The molecule has 0 radical (unpaired) electrons. The van der Waals surface area contributed by atoms with Gasteiger partial charge < -0.3 is 9.64 Å². The second-order valence-corrected chi connectivity index (χ2v) is 5.57. The summed E-state index contributed by atoms with van der Waals surface area (Å²) in [6.07, 6.45) is 5.69. The Morgan fingerprint density at radius 2 is 2.17 bits per heavy atom. The molecule has 1 amide bonds. The number of likely N-dealkylation sites (tertiary alicyclic amines) is 1. The Balaban J connectivity index is 1.54. The zero-order chi connectivity index (χ0) is 16.1. The summed E-state index contributed by atoms with van der Waals surface area (Å²) >= 11 is 0. The molecule has 1 aliphatic heterocycles. The fraction of sp³-hybridized carbons (Fsp3) is 0.500. The molecular weight excluding hydrogens is 294 g/mol. The van der Waals surface area contributed by atoms with E-state index in [0.717, 1.165) is 31.6 Å². The lowest BCUT2D eigenvalue weighted by molar-refractivity contribution is -0.131. The van der Waals surface area contributed by atoms with Crippen LogP contribution in [0.4, 0.5) is 0 Å². The summed E-state index contributed by atoms with van der Waals surface area (Å²) in [6.45, 7) is 3.97. The van der Waals surface area contributed by atoms with Gasteiger partial charge in [-0.3, -0.25) is 4.79 Å². The number of pyridine rings is 1. The first kappa shape index (κ1) is 15.5. The largest absolute Gasteiger partial charge is 0.478 e. The number of nitrogens with zero attached hydrogens (tertiary/aromatic N) is 5. The number of amides is 1. The fourth-order valence-electron chi connectivity index (χ4n) is 2.84. The highest BCUT2D eigenvalue weighted by Crippen LogP contribution is 2.21. The van der Waals surface area contributed by atoms with Gasteiger partial charge in [-0.2, -0.15) is 0 Å². The topological polar surface area (TPSA) is 73.1 Å². The quantitative estimate of drug-likeness (QED) is 0.835. The van der Waals surface area contributed by atoms with Gasteiger partial charge in [-0.25, -0.2) is 9.67 Å². The Morgan fingerprint density at radius 3 is 2.87 bits per heavy atom. The molecule has 0 N–H and O–H groups in total. The Labute approximate surface area is 135 Å². The number of hydrogen-bond donors (Lipinski definition) is 0. The Morgan fingerprint density at radius 1 is 1.35 bits per heavy atom. The molecule has 1 fully saturated rings. The predicted octanol–water partition coefficient (Wildman–Crippen LogP) is 1.48. The van der Waals surface area contributed by atoms with Crippen molar-refractivity contribution in [2.75, 3.05) is 19.7 Å². The van der Waals surface area contributed by atoms with E-state index in [1.807, 2.05) is 34.8 Å². The highest BCUT2D eigenvalue weighted by Gasteiger charge is 2.24. The molecule has 1 saturated heterocycles. The maximum Gasteiger partial charge on any atom is 0.228 e. The summed E-state index contributed by atoms with van der Waals surface area (Å²) in [7, 11) is 0. The smallest absolute Gasteiger partial charge is 0.228 e. The van der Waals surface area contributed by atoms with Crippen LogP contribution in [0, 0.1) is 0 Å². The molecule has 3 heterocycles. The van der Waals surface area contributed by atoms with E-state index in [0.29, 0.717) is 24.9 Å². The second kappa shape index (κ2) is 7.21. The van der Waals surface area contributed by atoms with Crippen LogP contribution in [0.2, 0.25) is 0 Å². The average Bonchev–Trinajstić information content (AvgIpc) is 3.10. The van der Waals surface area contributed by atoms with Gasteiger partial charge in [0.05, 0.1) is 31.0 Å². The number of rotatable bonds is 5. The lowest BCUT2D eigenvalue weighted by atomic mass is 10.0. The lowest BCUT2D eigenvalue weighted by Crippen LogP contribution is -2.40. The number of piperidine rings is 1. The molecule has 0 bridgehead atoms. The summed E-state index contributed by atoms with van der Waals surface area (Å²) in [4.78, 5) is 18.7. The van der Waals surface area contributed by atoms with Crippen LogP contribution < -0.4 is 4.74 Å². The van der Waals surface area contributed by atoms with Crippen molar-refractivity contribution >= 4 is 5.91 Å². The fourth-order valence-corrected chi connectivity index (χ4v) is 2.84. The van der Waals surface area contributed by atoms with Gasteiger partial charge in [-0.1, -0.05) is 11.3 Å². The van der Waals surface area contributed by atoms with Crippen LogP contribution in [0.5, 0.6) is 5.88 Å². The molecular formula is C16H21N5O2. The number of aromatic nitrogens is 4. The van der Waals surface area contributed by atoms with Crippen LogP contribution in [0.25, 0.3) is 0 Å². The molecule has 7 heteroatoms. The van der Waals surface area contributed by atoms with Crippen molar-refractivity contribution in [3.05, 3.63) is 36.3 Å². The Kier molecular flexibility index (Phi) is 4.85. The second-order valence-electron chi connectivity index (χ2n) is 5.57. The third-order valence-corrected chi connectivity index (χ3v) is 4.04. The molecule has 0 atom stereocenters. The summed E-state index contributed by atoms with van der Waals surface area (Å²) in [5.41, 5.74) is 0.749. The van der Waals surface area contributed by atoms with Crippen LogP contribution in [0.3, 0.4) is 0 Å². The number of carbonyl (C=O) groups is 1. The lowest BCUT2D eigenvalue weighted by Gasteiger charge is -2.31. The maximum atomic E-state index is 12.4. The van der Waals surface area contributed by atoms with E-state index < -0.39 is 0 Å². The summed E-state index contributed by atoms with van der Waals surface area (Å²) < 4.78 is 7.26. The first-order chi connectivity index (χ1) is 11.3. The van der Waals surface area contributed by atoms with E-state index in [9.17, 15) is 4.79 Å². The van der Waals surface area contributed by atoms with E-state index >= 15 is 0 Å². The first-order valence-corrected chi connectivity index (χ1v) is 7.98. The maximum absolute atomic E-state index is 12.4.